The van der Waals surface area contributed by atoms with Gasteiger partial charge in [-0.05, 0) is 37.2 Å². The third-order valence-corrected chi connectivity index (χ3v) is 2.56. The van der Waals surface area contributed by atoms with Crippen LogP contribution < -0.4 is 5.32 Å². The molecule has 0 fully saturated rings. The number of hydrogen-bond acceptors (Lipinski definition) is 3. The average Bonchev–Trinajstić information content (AvgIpc) is 2.33. The number of pyridine rings is 2. The highest BCUT2D eigenvalue weighted by atomic mass is 19.1. The maximum absolute atomic E-state index is 12.8. The van der Waals surface area contributed by atoms with Crippen LogP contribution in [0.1, 0.15) is 22.9 Å². The van der Waals surface area contributed by atoms with Crippen LogP contribution >= 0.6 is 0 Å². The van der Waals surface area contributed by atoms with Gasteiger partial charge in [-0.2, -0.15) is 0 Å². The van der Waals surface area contributed by atoms with Crippen LogP contribution in [0.5, 0.6) is 0 Å². The molecule has 0 saturated heterocycles. The van der Waals surface area contributed by atoms with Crippen LogP contribution in [-0.2, 0) is 0 Å². The molecular formula is C13H14FN3. The van der Waals surface area contributed by atoms with Gasteiger partial charge in [0.2, 0.25) is 0 Å². The second kappa shape index (κ2) is 5.01. The summed E-state index contributed by atoms with van der Waals surface area (Å²) in [6.07, 6.45) is 4.82. The molecule has 0 aliphatic carbocycles. The number of aromatic nitrogens is 2. The van der Waals surface area contributed by atoms with Crippen LogP contribution in [0.2, 0.25) is 0 Å². The van der Waals surface area contributed by atoms with Gasteiger partial charge in [0.05, 0.1) is 17.9 Å². The lowest BCUT2D eigenvalue weighted by atomic mass is 10.0. The first-order valence-corrected chi connectivity index (χ1v) is 5.41. The lowest BCUT2D eigenvalue weighted by molar-refractivity contribution is 0.609. The Kier molecular flexibility index (Phi) is 3.44. The minimum atomic E-state index is -0.328. The van der Waals surface area contributed by atoms with Gasteiger partial charge in [0.25, 0.3) is 0 Å². The van der Waals surface area contributed by atoms with Crippen molar-refractivity contribution in [2.24, 2.45) is 0 Å². The number of rotatable bonds is 3. The van der Waals surface area contributed by atoms with E-state index in [4.69, 9.17) is 0 Å². The van der Waals surface area contributed by atoms with Gasteiger partial charge in [-0.3, -0.25) is 9.97 Å². The zero-order chi connectivity index (χ0) is 12.3. The quantitative estimate of drug-likeness (QED) is 0.880. The molecule has 4 heteroatoms. The Hall–Kier alpha value is -1.81. The summed E-state index contributed by atoms with van der Waals surface area (Å²) >= 11 is 0. The molecule has 1 unspecified atom stereocenters. The monoisotopic (exact) mass is 231 g/mol. The van der Waals surface area contributed by atoms with Crippen molar-refractivity contribution in [1.82, 2.24) is 15.3 Å². The van der Waals surface area contributed by atoms with E-state index in [1.807, 2.05) is 20.0 Å². The maximum Gasteiger partial charge on any atom is 0.141 e. The van der Waals surface area contributed by atoms with Crippen LogP contribution in [0.25, 0.3) is 0 Å². The van der Waals surface area contributed by atoms with Crippen LogP contribution in [-0.4, -0.2) is 17.0 Å². The fourth-order valence-electron chi connectivity index (χ4n) is 1.78. The molecule has 2 heterocycles. The Bertz CT molecular complexity index is 496. The van der Waals surface area contributed by atoms with Crippen molar-refractivity contribution >= 4 is 0 Å². The van der Waals surface area contributed by atoms with Crippen molar-refractivity contribution < 1.29 is 4.39 Å². The predicted molar refractivity (Wildman–Crippen MR) is 64.1 cm³/mol. The van der Waals surface area contributed by atoms with Crippen LogP contribution in [0.3, 0.4) is 0 Å². The van der Waals surface area contributed by atoms with E-state index in [-0.39, 0.29) is 11.9 Å². The van der Waals surface area contributed by atoms with Gasteiger partial charge >= 0.3 is 0 Å². The summed E-state index contributed by atoms with van der Waals surface area (Å²) in [6, 6.07) is 5.07. The lowest BCUT2D eigenvalue weighted by Crippen LogP contribution is -2.19. The van der Waals surface area contributed by atoms with Gasteiger partial charge in [-0.25, -0.2) is 4.39 Å². The lowest BCUT2D eigenvalue weighted by Gasteiger charge is -2.16. The molecule has 0 amide bonds. The summed E-state index contributed by atoms with van der Waals surface area (Å²) in [5, 5.41) is 3.16. The third-order valence-electron chi connectivity index (χ3n) is 2.56. The molecule has 3 nitrogen and oxygen atoms in total. The van der Waals surface area contributed by atoms with E-state index in [1.165, 1.54) is 12.3 Å². The van der Waals surface area contributed by atoms with Gasteiger partial charge in [-0.1, -0.05) is 6.07 Å². The highest BCUT2D eigenvalue weighted by molar-refractivity contribution is 5.27. The van der Waals surface area contributed by atoms with Crippen molar-refractivity contribution in [3.8, 4) is 0 Å². The van der Waals surface area contributed by atoms with Gasteiger partial charge < -0.3 is 5.32 Å². The van der Waals surface area contributed by atoms with E-state index in [2.05, 4.69) is 15.3 Å². The first kappa shape index (κ1) is 11.7. The smallest absolute Gasteiger partial charge is 0.141 e. The average molecular weight is 231 g/mol. The fourth-order valence-corrected chi connectivity index (χ4v) is 1.78. The summed E-state index contributed by atoms with van der Waals surface area (Å²) in [5.41, 5.74) is 2.89. The predicted octanol–water partition coefficient (Wildman–Crippen LogP) is 2.23. The highest BCUT2D eigenvalue weighted by Crippen LogP contribution is 2.19. The molecule has 2 rings (SSSR count). The van der Waals surface area contributed by atoms with E-state index >= 15 is 0 Å². The first-order chi connectivity index (χ1) is 8.20. The van der Waals surface area contributed by atoms with Crippen molar-refractivity contribution in [1.29, 1.82) is 0 Å². The van der Waals surface area contributed by atoms with E-state index in [1.54, 1.807) is 18.5 Å². The minimum Gasteiger partial charge on any atom is -0.308 e. The summed E-state index contributed by atoms with van der Waals surface area (Å²) in [7, 11) is 1.85. The number of halogens is 1. The first-order valence-electron chi connectivity index (χ1n) is 5.41. The van der Waals surface area contributed by atoms with Gasteiger partial charge in [0, 0.05) is 12.4 Å². The zero-order valence-corrected chi connectivity index (χ0v) is 9.81. The van der Waals surface area contributed by atoms with Gasteiger partial charge in [0.15, 0.2) is 0 Å². The second-order valence-electron chi connectivity index (χ2n) is 3.92. The Morgan fingerprint density at radius 2 is 2.06 bits per heavy atom. The molecular weight excluding hydrogens is 217 g/mol. The van der Waals surface area contributed by atoms with Gasteiger partial charge in [-0.15, -0.1) is 0 Å². The number of aryl methyl sites for hydroxylation is 1. The Labute approximate surface area is 99.7 Å². The van der Waals surface area contributed by atoms with Gasteiger partial charge in [0.1, 0.15) is 5.82 Å². The molecule has 0 radical (unpaired) electrons. The molecule has 17 heavy (non-hydrogen) atoms. The van der Waals surface area contributed by atoms with E-state index < -0.39 is 0 Å². The molecule has 0 bridgehead atoms. The standard InChI is InChI=1S/C13H14FN3/c1-9-5-10(7-16-6-9)13(15-2)12-4-3-11(14)8-17-12/h3-8,13,15H,1-2H3. The molecule has 0 aliphatic heterocycles. The molecule has 1 N–H and O–H groups in total. The Morgan fingerprint density at radius 1 is 1.24 bits per heavy atom. The topological polar surface area (TPSA) is 37.8 Å². The Balaban J connectivity index is 2.36. The second-order valence-corrected chi connectivity index (χ2v) is 3.92. The zero-order valence-electron chi connectivity index (χ0n) is 9.81. The minimum absolute atomic E-state index is 0.0667. The summed E-state index contributed by atoms with van der Waals surface area (Å²) < 4.78 is 12.8. The van der Waals surface area contributed by atoms with E-state index in [0.29, 0.717) is 0 Å². The molecule has 0 saturated carbocycles. The van der Waals surface area contributed by atoms with E-state index in [0.717, 1.165) is 16.8 Å². The highest BCUT2D eigenvalue weighted by Gasteiger charge is 2.13. The molecule has 2 aromatic rings. The molecule has 0 aromatic carbocycles. The van der Waals surface area contributed by atoms with Crippen molar-refractivity contribution in [3.05, 3.63) is 59.4 Å². The van der Waals surface area contributed by atoms with Crippen molar-refractivity contribution in [3.63, 3.8) is 0 Å². The molecule has 2 aromatic heterocycles. The van der Waals surface area contributed by atoms with Crippen molar-refractivity contribution in [2.45, 2.75) is 13.0 Å². The fraction of sp³-hybridized carbons (Fsp3) is 0.231. The third kappa shape index (κ3) is 2.65. The molecule has 88 valence electrons. The molecule has 0 spiro atoms. The normalized spacial score (nSPS) is 12.4. The SMILES string of the molecule is CNC(c1cncc(C)c1)c1ccc(F)cn1. The molecule has 0 aliphatic rings. The number of nitrogens with one attached hydrogen (secondary N) is 1. The van der Waals surface area contributed by atoms with Crippen LogP contribution in [0, 0.1) is 12.7 Å². The Morgan fingerprint density at radius 3 is 2.65 bits per heavy atom. The van der Waals surface area contributed by atoms with Crippen LogP contribution in [0.15, 0.2) is 36.8 Å². The largest absolute Gasteiger partial charge is 0.308 e. The number of nitrogens with zero attached hydrogens (tertiary/aromatic N) is 2. The summed E-state index contributed by atoms with van der Waals surface area (Å²) in [5.74, 6) is -0.328. The number of hydrogen-bond donors (Lipinski definition) is 1. The molecule has 1 atom stereocenters. The summed E-state index contributed by atoms with van der Waals surface area (Å²) in [6.45, 7) is 1.99. The maximum atomic E-state index is 12.8. The van der Waals surface area contributed by atoms with E-state index in [9.17, 15) is 4.39 Å². The van der Waals surface area contributed by atoms with Crippen molar-refractivity contribution in [2.75, 3.05) is 7.05 Å². The van der Waals surface area contributed by atoms with Crippen LogP contribution in [0.4, 0.5) is 4.39 Å². The summed E-state index contributed by atoms with van der Waals surface area (Å²) in [4.78, 5) is 8.24.